The van der Waals surface area contributed by atoms with Crippen LogP contribution in [-0.2, 0) is 15.7 Å². The zero-order valence-corrected chi connectivity index (χ0v) is 20.2. The Morgan fingerprint density at radius 3 is 2.97 bits per heavy atom. The number of fused-ring (bicyclic) bond motifs is 3. The number of anilines is 2. The lowest BCUT2D eigenvalue weighted by Crippen LogP contribution is -2.55. The molecule has 0 aromatic carbocycles. The number of alkyl halides is 3. The molecule has 0 unspecified atom stereocenters. The molecule has 0 radical (unpaired) electrons. The van der Waals surface area contributed by atoms with Crippen LogP contribution < -0.4 is 20.5 Å². The standard InChI is InChI=1S/C22H26ClF3N6O4/c1-13(29-16-10-28-30-21(34)19(16)22(24,25)26)12-35-6-3-18(33)31-4-5-32-15(11-31)2-7-36-17-8-14(23)9-27-20(17)32/h8-10,13,15H,2-7,11-12H2,1H3,(H2,29,30,34)/t13-,15-/m0/s1. The predicted molar refractivity (Wildman–Crippen MR) is 125 cm³/mol. The summed E-state index contributed by atoms with van der Waals surface area (Å²) >= 11 is 6.03. The van der Waals surface area contributed by atoms with E-state index in [-0.39, 0.29) is 31.6 Å². The molecule has 0 spiro atoms. The lowest BCUT2D eigenvalue weighted by molar-refractivity contribution is -0.138. The highest BCUT2D eigenvalue weighted by molar-refractivity contribution is 6.30. The van der Waals surface area contributed by atoms with E-state index >= 15 is 0 Å². The van der Waals surface area contributed by atoms with E-state index in [0.29, 0.717) is 37.0 Å². The van der Waals surface area contributed by atoms with Crippen LogP contribution >= 0.6 is 11.6 Å². The molecule has 0 aliphatic carbocycles. The molecule has 1 amide bonds. The number of hydrogen-bond donors (Lipinski definition) is 2. The summed E-state index contributed by atoms with van der Waals surface area (Å²) in [7, 11) is 0. The molecule has 2 aliphatic rings. The Morgan fingerprint density at radius 1 is 1.39 bits per heavy atom. The van der Waals surface area contributed by atoms with Gasteiger partial charge in [-0.3, -0.25) is 9.59 Å². The number of nitrogens with one attached hydrogen (secondary N) is 2. The Balaban J connectivity index is 1.24. The minimum absolute atomic E-state index is 0.0378. The summed E-state index contributed by atoms with van der Waals surface area (Å²) in [6.07, 6.45) is -1.47. The fourth-order valence-corrected chi connectivity index (χ4v) is 4.47. The molecule has 14 heteroatoms. The van der Waals surface area contributed by atoms with Crippen LogP contribution in [0.3, 0.4) is 0 Å². The summed E-state index contributed by atoms with van der Waals surface area (Å²) in [5.74, 6) is 1.30. The number of hydrogen-bond acceptors (Lipinski definition) is 8. The van der Waals surface area contributed by atoms with Crippen molar-refractivity contribution in [3.63, 3.8) is 0 Å². The van der Waals surface area contributed by atoms with Crippen LogP contribution in [0.5, 0.6) is 5.75 Å². The van der Waals surface area contributed by atoms with Crippen molar-refractivity contribution in [3.8, 4) is 5.75 Å². The third-order valence-corrected chi connectivity index (χ3v) is 6.19. The Hall–Kier alpha value is -3.06. The first kappa shape index (κ1) is 26.0. The van der Waals surface area contributed by atoms with Crippen molar-refractivity contribution in [2.24, 2.45) is 0 Å². The van der Waals surface area contributed by atoms with Gasteiger partial charge < -0.3 is 24.6 Å². The van der Waals surface area contributed by atoms with E-state index < -0.39 is 29.0 Å². The number of carbonyl (C=O) groups excluding carboxylic acids is 1. The molecule has 2 atom stereocenters. The molecule has 1 saturated heterocycles. The van der Waals surface area contributed by atoms with Crippen molar-refractivity contribution in [2.45, 2.75) is 38.0 Å². The number of H-pyrrole nitrogens is 1. The zero-order chi connectivity index (χ0) is 25.9. The van der Waals surface area contributed by atoms with Gasteiger partial charge in [-0.25, -0.2) is 10.1 Å². The van der Waals surface area contributed by atoms with Gasteiger partial charge in [-0.05, 0) is 6.92 Å². The molecule has 10 nitrogen and oxygen atoms in total. The molecule has 0 bridgehead atoms. The number of amides is 1. The van der Waals surface area contributed by atoms with E-state index in [0.717, 1.165) is 18.4 Å². The van der Waals surface area contributed by atoms with Crippen LogP contribution in [0, 0.1) is 0 Å². The van der Waals surface area contributed by atoms with E-state index in [1.54, 1.807) is 29.2 Å². The van der Waals surface area contributed by atoms with Gasteiger partial charge in [0.25, 0.3) is 5.56 Å². The quantitative estimate of drug-likeness (QED) is 0.525. The van der Waals surface area contributed by atoms with Crippen molar-refractivity contribution in [3.05, 3.63) is 39.4 Å². The van der Waals surface area contributed by atoms with Gasteiger partial charge in [-0.1, -0.05) is 11.6 Å². The van der Waals surface area contributed by atoms with Crippen molar-refractivity contribution < 1.29 is 27.4 Å². The Kier molecular flexibility index (Phi) is 7.88. The highest BCUT2D eigenvalue weighted by atomic mass is 35.5. The van der Waals surface area contributed by atoms with Gasteiger partial charge in [-0.2, -0.15) is 18.3 Å². The first-order chi connectivity index (χ1) is 17.1. The van der Waals surface area contributed by atoms with Gasteiger partial charge >= 0.3 is 6.18 Å². The number of pyridine rings is 1. The second-order valence-electron chi connectivity index (χ2n) is 8.66. The smallest absolute Gasteiger partial charge is 0.423 e. The van der Waals surface area contributed by atoms with Crippen LogP contribution in [0.25, 0.3) is 0 Å². The maximum atomic E-state index is 13.2. The SMILES string of the molecule is C[C@@H](COCCC(=O)N1CCN2c3ncc(Cl)cc3OCC[C@H]2C1)Nc1cn[nH]c(=O)c1C(F)(F)F. The number of piperazine rings is 1. The molecule has 2 aromatic rings. The van der Waals surface area contributed by atoms with E-state index in [2.05, 4.69) is 20.3 Å². The molecule has 36 heavy (non-hydrogen) atoms. The van der Waals surface area contributed by atoms with Crippen molar-refractivity contribution >= 4 is 29.0 Å². The Bertz CT molecular complexity index is 1150. The maximum absolute atomic E-state index is 13.2. The lowest BCUT2D eigenvalue weighted by Gasteiger charge is -2.41. The highest BCUT2D eigenvalue weighted by Crippen LogP contribution is 2.34. The minimum atomic E-state index is -4.83. The number of aromatic nitrogens is 3. The second kappa shape index (κ2) is 10.9. The van der Waals surface area contributed by atoms with Crippen LogP contribution in [-0.4, -0.2) is 77.5 Å². The van der Waals surface area contributed by atoms with Crippen LogP contribution in [0.15, 0.2) is 23.3 Å². The molecule has 2 aromatic heterocycles. The molecule has 0 saturated carbocycles. The molecular formula is C22H26ClF3N6O4. The van der Waals surface area contributed by atoms with Crippen LogP contribution in [0.1, 0.15) is 25.3 Å². The largest absolute Gasteiger partial charge is 0.490 e. The number of rotatable bonds is 7. The number of ether oxygens (including phenoxy) is 2. The summed E-state index contributed by atoms with van der Waals surface area (Å²) in [5.41, 5.74) is -3.10. The summed E-state index contributed by atoms with van der Waals surface area (Å²) in [5, 5.41) is 8.31. The third-order valence-electron chi connectivity index (χ3n) is 5.99. The van der Waals surface area contributed by atoms with E-state index in [1.807, 2.05) is 0 Å². The molecule has 4 rings (SSSR count). The number of halogens is 4. The summed E-state index contributed by atoms with van der Waals surface area (Å²) < 4.78 is 50.8. The van der Waals surface area contributed by atoms with Crippen LogP contribution in [0.4, 0.5) is 24.7 Å². The molecule has 2 aliphatic heterocycles. The molecule has 196 valence electrons. The fraction of sp³-hybridized carbons (Fsp3) is 0.545. The molecule has 1 fully saturated rings. The topological polar surface area (TPSA) is 113 Å². The Labute approximate surface area is 209 Å². The van der Waals surface area contributed by atoms with Gasteiger partial charge in [0.15, 0.2) is 11.6 Å². The predicted octanol–water partition coefficient (Wildman–Crippen LogP) is 2.54. The van der Waals surface area contributed by atoms with Gasteiger partial charge in [0.1, 0.15) is 5.56 Å². The van der Waals surface area contributed by atoms with Gasteiger partial charge in [0.05, 0.1) is 49.2 Å². The number of aromatic amines is 1. The monoisotopic (exact) mass is 530 g/mol. The highest BCUT2D eigenvalue weighted by Gasteiger charge is 2.37. The first-order valence-electron chi connectivity index (χ1n) is 11.5. The molecule has 4 heterocycles. The van der Waals surface area contributed by atoms with Crippen molar-refractivity contribution in [2.75, 3.05) is 49.7 Å². The summed E-state index contributed by atoms with van der Waals surface area (Å²) in [6.45, 7) is 3.90. The second-order valence-corrected chi connectivity index (χ2v) is 9.09. The van der Waals surface area contributed by atoms with Crippen molar-refractivity contribution in [1.82, 2.24) is 20.1 Å². The van der Waals surface area contributed by atoms with Gasteiger partial charge in [-0.15, -0.1) is 0 Å². The summed E-state index contributed by atoms with van der Waals surface area (Å²) in [6, 6.07) is 1.25. The maximum Gasteiger partial charge on any atom is 0.423 e. The van der Waals surface area contributed by atoms with Crippen LogP contribution in [0.2, 0.25) is 5.02 Å². The molecular weight excluding hydrogens is 505 g/mol. The zero-order valence-electron chi connectivity index (χ0n) is 19.5. The summed E-state index contributed by atoms with van der Waals surface area (Å²) in [4.78, 5) is 32.7. The van der Waals surface area contributed by atoms with E-state index in [9.17, 15) is 22.8 Å². The van der Waals surface area contributed by atoms with E-state index in [1.165, 1.54) is 0 Å². The third kappa shape index (κ3) is 6.01. The van der Waals surface area contributed by atoms with Crippen molar-refractivity contribution in [1.29, 1.82) is 0 Å². The fourth-order valence-electron chi connectivity index (χ4n) is 4.32. The first-order valence-corrected chi connectivity index (χ1v) is 11.8. The average molecular weight is 531 g/mol. The number of carbonyl (C=O) groups is 1. The number of nitrogens with zero attached hydrogens (tertiary/aromatic N) is 4. The lowest BCUT2D eigenvalue weighted by atomic mass is 10.1. The Morgan fingerprint density at radius 2 is 2.19 bits per heavy atom. The average Bonchev–Trinajstić information content (AvgIpc) is 2.99. The van der Waals surface area contributed by atoms with E-state index in [4.69, 9.17) is 21.1 Å². The molecule has 2 N–H and O–H groups in total. The normalized spacial score (nSPS) is 18.5. The minimum Gasteiger partial charge on any atom is -0.490 e. The van der Waals surface area contributed by atoms with Gasteiger partial charge in [0.2, 0.25) is 5.91 Å². The van der Waals surface area contributed by atoms with Gasteiger partial charge in [0, 0.05) is 44.4 Å².